The highest BCUT2D eigenvalue weighted by atomic mass is 35.5. The first kappa shape index (κ1) is 35.8. The molecule has 1 atom stereocenters. The van der Waals surface area contributed by atoms with E-state index in [1.807, 2.05) is 47.2 Å². The van der Waals surface area contributed by atoms with E-state index in [-0.39, 0.29) is 16.5 Å². The number of nitrogens with one attached hydrogen (secondary N) is 1. The highest BCUT2D eigenvalue weighted by Gasteiger charge is 2.34. The van der Waals surface area contributed by atoms with Gasteiger partial charge in [0, 0.05) is 11.6 Å². The van der Waals surface area contributed by atoms with Crippen molar-refractivity contribution in [3.05, 3.63) is 159 Å². The van der Waals surface area contributed by atoms with Crippen molar-refractivity contribution < 1.29 is 42.5 Å². The number of aromatic carboxylic acids is 2. The Labute approximate surface area is 304 Å². The van der Waals surface area contributed by atoms with Crippen molar-refractivity contribution in [2.75, 3.05) is 0 Å². The molecule has 11 nitrogen and oxygen atoms in total. The number of rotatable bonds is 11. The first-order chi connectivity index (χ1) is 24.9. The molecule has 1 aliphatic carbocycles. The average molecular weight is 739 g/mol. The van der Waals surface area contributed by atoms with Crippen LogP contribution in [0.5, 0.6) is 11.5 Å². The van der Waals surface area contributed by atoms with E-state index in [2.05, 4.69) is 0 Å². The van der Waals surface area contributed by atoms with Gasteiger partial charge in [0.25, 0.3) is 21.8 Å². The number of hydrogen-bond donors (Lipinski definition) is 3. The van der Waals surface area contributed by atoms with Crippen LogP contribution in [-0.2, 0) is 23.0 Å². The lowest BCUT2D eigenvalue weighted by atomic mass is 9.86. The molecule has 3 N–H and O–H groups in total. The third-order valence-corrected chi connectivity index (χ3v) is 10.2. The van der Waals surface area contributed by atoms with E-state index < -0.39 is 62.1 Å². The average Bonchev–Trinajstić information content (AvgIpc) is 3.13. The molecule has 0 bridgehead atoms. The third kappa shape index (κ3) is 7.83. The first-order valence-corrected chi connectivity index (χ1v) is 18.0. The fourth-order valence-electron chi connectivity index (χ4n) is 6.23. The van der Waals surface area contributed by atoms with E-state index in [1.165, 1.54) is 17.0 Å². The zero-order valence-corrected chi connectivity index (χ0v) is 28.9. The Morgan fingerprint density at radius 2 is 1.38 bits per heavy atom. The number of para-hydroxylation sites is 1. The Morgan fingerprint density at radius 3 is 2.10 bits per heavy atom. The van der Waals surface area contributed by atoms with Gasteiger partial charge in [-0.15, -0.1) is 0 Å². The minimum Gasteiger partial charge on any atom is -0.478 e. The second-order valence-electron chi connectivity index (χ2n) is 12.0. The Hall–Kier alpha value is -5.98. The summed E-state index contributed by atoms with van der Waals surface area (Å²) < 4.78 is 34.0. The van der Waals surface area contributed by atoms with Gasteiger partial charge in [-0.1, -0.05) is 66.2 Å². The summed E-state index contributed by atoms with van der Waals surface area (Å²) in [5.41, 5.74) is -0.162. The highest BCUT2D eigenvalue weighted by molar-refractivity contribution is 7.90. The quantitative estimate of drug-likeness (QED) is 0.125. The smallest absolute Gasteiger partial charge is 0.336 e. The standard InChI is InChI=1S/C39H31ClN2O9S/c40-26-16-18-29(19-17-26)52(49,50)41-36(43)31-21-32(34(39(47)48)22-33(31)38(45)46)37(44)42(35-15-7-10-25-9-4-5-14-30(25)35)23-24-8-6-13-28(20-24)51-27-11-2-1-3-12-27/h1-6,8-9,11-14,16-22,35H,7,10,15,23H2,(H,41,43)(H,45,46)(H,47,48)/t35-/m0/s1. The van der Waals surface area contributed by atoms with Gasteiger partial charge in [0.1, 0.15) is 11.5 Å². The molecule has 13 heteroatoms. The number of carbonyl (C=O) groups is 4. The maximum atomic E-state index is 14.8. The van der Waals surface area contributed by atoms with Crippen LogP contribution in [0.2, 0.25) is 5.02 Å². The first-order valence-electron chi connectivity index (χ1n) is 16.1. The molecule has 0 saturated carbocycles. The predicted octanol–water partition coefficient (Wildman–Crippen LogP) is 7.37. The van der Waals surface area contributed by atoms with Crippen LogP contribution in [0, 0.1) is 0 Å². The number of fused-ring (bicyclic) bond motifs is 1. The van der Waals surface area contributed by atoms with Gasteiger partial charge in [-0.05, 0) is 96.6 Å². The number of carboxylic acids is 2. The van der Waals surface area contributed by atoms with Crippen LogP contribution in [0.4, 0.5) is 0 Å². The number of hydrogen-bond acceptors (Lipinski definition) is 7. The van der Waals surface area contributed by atoms with Crippen LogP contribution in [0.25, 0.3) is 0 Å². The van der Waals surface area contributed by atoms with Gasteiger partial charge in [0.15, 0.2) is 0 Å². The molecule has 0 aliphatic heterocycles. The highest BCUT2D eigenvalue weighted by Crippen LogP contribution is 2.37. The largest absolute Gasteiger partial charge is 0.478 e. The molecule has 0 heterocycles. The molecular weight excluding hydrogens is 708 g/mol. The molecule has 2 amide bonds. The summed E-state index contributed by atoms with van der Waals surface area (Å²) in [7, 11) is -4.54. The summed E-state index contributed by atoms with van der Waals surface area (Å²) in [4.78, 5) is 54.4. The number of benzene rings is 5. The van der Waals surface area contributed by atoms with Crippen LogP contribution in [0.3, 0.4) is 0 Å². The van der Waals surface area contributed by atoms with Crippen LogP contribution >= 0.6 is 11.6 Å². The Kier molecular flexibility index (Phi) is 10.4. The zero-order chi connectivity index (χ0) is 37.0. The fourth-order valence-corrected chi connectivity index (χ4v) is 7.32. The molecule has 52 heavy (non-hydrogen) atoms. The number of halogens is 1. The summed E-state index contributed by atoms with van der Waals surface area (Å²) in [6, 6.07) is 29.7. The summed E-state index contributed by atoms with van der Waals surface area (Å²) in [5, 5.41) is 20.5. The molecule has 0 fully saturated rings. The monoisotopic (exact) mass is 738 g/mol. The summed E-state index contributed by atoms with van der Waals surface area (Å²) in [5.74, 6) is -4.41. The summed E-state index contributed by atoms with van der Waals surface area (Å²) in [6.45, 7) is -0.0178. The molecular formula is C39H31ClN2O9S. The van der Waals surface area contributed by atoms with Gasteiger partial charge in [-0.25, -0.2) is 22.7 Å². The molecule has 0 spiro atoms. The van der Waals surface area contributed by atoms with E-state index in [0.29, 0.717) is 29.5 Å². The van der Waals surface area contributed by atoms with Gasteiger partial charge < -0.3 is 19.8 Å². The molecule has 264 valence electrons. The number of ether oxygens (including phenoxy) is 1. The lowest BCUT2D eigenvalue weighted by molar-refractivity contribution is 0.0613. The van der Waals surface area contributed by atoms with E-state index in [1.54, 1.807) is 36.4 Å². The van der Waals surface area contributed by atoms with Crippen LogP contribution < -0.4 is 9.46 Å². The maximum Gasteiger partial charge on any atom is 0.336 e. The van der Waals surface area contributed by atoms with Gasteiger partial charge in [0.2, 0.25) is 0 Å². The second kappa shape index (κ2) is 15.1. The Morgan fingerprint density at radius 1 is 0.750 bits per heavy atom. The van der Waals surface area contributed by atoms with Crippen molar-refractivity contribution in [2.45, 2.75) is 36.7 Å². The third-order valence-electron chi connectivity index (χ3n) is 8.65. The Balaban J connectivity index is 1.44. The van der Waals surface area contributed by atoms with Crippen molar-refractivity contribution in [1.29, 1.82) is 0 Å². The van der Waals surface area contributed by atoms with E-state index in [4.69, 9.17) is 16.3 Å². The van der Waals surface area contributed by atoms with Gasteiger partial charge in [0.05, 0.1) is 33.2 Å². The van der Waals surface area contributed by atoms with Crippen molar-refractivity contribution in [3.63, 3.8) is 0 Å². The number of aryl methyl sites for hydroxylation is 1. The Bertz CT molecular complexity index is 2300. The van der Waals surface area contributed by atoms with Gasteiger partial charge in [-0.2, -0.15) is 0 Å². The van der Waals surface area contributed by atoms with Crippen molar-refractivity contribution in [1.82, 2.24) is 9.62 Å². The van der Waals surface area contributed by atoms with E-state index in [0.717, 1.165) is 42.2 Å². The normalized spacial score (nSPS) is 13.8. The molecule has 5 aromatic carbocycles. The molecule has 5 aromatic rings. The number of carbonyl (C=O) groups excluding carboxylic acids is 2. The minimum atomic E-state index is -4.54. The van der Waals surface area contributed by atoms with E-state index in [9.17, 15) is 37.8 Å². The second-order valence-corrected chi connectivity index (χ2v) is 14.2. The van der Waals surface area contributed by atoms with Crippen molar-refractivity contribution in [3.8, 4) is 11.5 Å². The molecule has 0 radical (unpaired) electrons. The summed E-state index contributed by atoms with van der Waals surface area (Å²) >= 11 is 5.87. The molecule has 0 unspecified atom stereocenters. The minimum absolute atomic E-state index is 0.0178. The summed E-state index contributed by atoms with van der Waals surface area (Å²) in [6.07, 6.45) is 2.03. The zero-order valence-electron chi connectivity index (χ0n) is 27.4. The number of sulfonamides is 1. The molecule has 1 aliphatic rings. The number of amides is 2. The maximum absolute atomic E-state index is 14.8. The van der Waals surface area contributed by atoms with E-state index >= 15 is 0 Å². The number of carboxylic acid groups (broad SMARTS) is 2. The van der Waals surface area contributed by atoms with Crippen LogP contribution in [-0.4, -0.2) is 47.3 Å². The molecule has 0 saturated heterocycles. The van der Waals surface area contributed by atoms with Gasteiger partial charge in [-0.3, -0.25) is 9.59 Å². The SMILES string of the molecule is O=C(O)c1cc(C(=O)O)c(C(=O)N(Cc2cccc(Oc3ccccc3)c2)[C@H]2CCCc3ccccc32)cc1C(=O)NS(=O)(=O)c1ccc(Cl)cc1. The lowest BCUT2D eigenvalue weighted by Gasteiger charge is -2.36. The fraction of sp³-hybridized carbons (Fsp3) is 0.128. The molecule has 0 aromatic heterocycles. The topological polar surface area (TPSA) is 167 Å². The van der Waals surface area contributed by atoms with Gasteiger partial charge >= 0.3 is 11.9 Å². The van der Waals surface area contributed by atoms with Crippen LogP contribution in [0.15, 0.2) is 120 Å². The lowest BCUT2D eigenvalue weighted by Crippen LogP contribution is -2.38. The molecule has 6 rings (SSSR count). The van der Waals surface area contributed by atoms with Crippen molar-refractivity contribution >= 4 is 45.4 Å². The number of nitrogens with zero attached hydrogens (tertiary/aromatic N) is 1. The van der Waals surface area contributed by atoms with Crippen molar-refractivity contribution in [2.24, 2.45) is 0 Å². The van der Waals surface area contributed by atoms with Crippen LogP contribution in [0.1, 0.15) is 77.0 Å². The predicted molar refractivity (Wildman–Crippen MR) is 191 cm³/mol.